The van der Waals surface area contributed by atoms with E-state index in [0.717, 1.165) is 9.87 Å². The van der Waals surface area contributed by atoms with Crippen molar-refractivity contribution in [1.29, 1.82) is 0 Å². The lowest BCUT2D eigenvalue weighted by Crippen LogP contribution is -2.31. The summed E-state index contributed by atoms with van der Waals surface area (Å²) in [6, 6.07) is 11.0. The molecule has 3 rings (SSSR count). The Morgan fingerprint density at radius 3 is 2.65 bits per heavy atom. The summed E-state index contributed by atoms with van der Waals surface area (Å²) in [4.78, 5) is 14.0. The lowest BCUT2D eigenvalue weighted by atomic mass is 10.2. The van der Waals surface area contributed by atoms with Crippen molar-refractivity contribution in [2.75, 3.05) is 20.6 Å². The Hall–Kier alpha value is -2.39. The normalized spacial score (nSPS) is 14.8. The van der Waals surface area contributed by atoms with Crippen LogP contribution >= 0.6 is 0 Å². The average molecular weight is 378 g/mol. The number of aryl methyl sites for hydroxylation is 1. The van der Waals surface area contributed by atoms with E-state index >= 15 is 0 Å². The van der Waals surface area contributed by atoms with Crippen molar-refractivity contribution in [3.8, 4) is 0 Å². The monoisotopic (exact) mass is 378 g/mol. The third-order valence-corrected chi connectivity index (χ3v) is 5.89. The average Bonchev–Trinajstić information content (AvgIpc) is 2.93. The zero-order valence-electron chi connectivity index (χ0n) is 14.8. The highest BCUT2D eigenvalue weighted by atomic mass is 32.2. The largest absolute Gasteiger partial charge is 0.445 e. The van der Waals surface area contributed by atoms with Crippen LogP contribution in [0.25, 0.3) is 0 Å². The van der Waals surface area contributed by atoms with Gasteiger partial charge in [-0.25, -0.2) is 17.5 Å². The number of amides is 1. The Balaban J connectivity index is 1.71. The third-order valence-electron chi connectivity index (χ3n) is 4.20. The molecule has 1 aliphatic heterocycles. The van der Waals surface area contributed by atoms with Gasteiger partial charge in [-0.15, -0.1) is 0 Å². The molecule has 1 aromatic carbocycles. The van der Waals surface area contributed by atoms with E-state index in [1.54, 1.807) is 9.58 Å². The van der Waals surface area contributed by atoms with Crippen molar-refractivity contribution in [2.45, 2.75) is 31.1 Å². The number of aromatic nitrogens is 2. The van der Waals surface area contributed by atoms with Crippen LogP contribution in [0.5, 0.6) is 0 Å². The number of nitrogens with zero attached hydrogens (tertiary/aromatic N) is 4. The van der Waals surface area contributed by atoms with Gasteiger partial charge in [0.15, 0.2) is 5.03 Å². The van der Waals surface area contributed by atoms with Crippen LogP contribution in [0.2, 0.25) is 0 Å². The van der Waals surface area contributed by atoms with Crippen LogP contribution in [-0.2, 0) is 34.5 Å². The molecule has 1 aromatic heterocycles. The summed E-state index contributed by atoms with van der Waals surface area (Å²) in [7, 11) is -0.669. The van der Waals surface area contributed by atoms with E-state index in [-0.39, 0.29) is 18.2 Å². The number of hydrogen-bond donors (Lipinski definition) is 0. The third kappa shape index (κ3) is 3.88. The molecule has 2 aromatic rings. The Morgan fingerprint density at radius 2 is 1.96 bits per heavy atom. The van der Waals surface area contributed by atoms with E-state index in [2.05, 4.69) is 5.10 Å². The number of fused-ring (bicyclic) bond motifs is 1. The predicted octanol–water partition coefficient (Wildman–Crippen LogP) is 1.68. The summed E-state index contributed by atoms with van der Waals surface area (Å²) in [6.45, 7) is 1.56. The Morgan fingerprint density at radius 1 is 1.23 bits per heavy atom. The number of ether oxygens (including phenoxy) is 1. The minimum Gasteiger partial charge on any atom is -0.445 e. The molecule has 0 atom stereocenters. The molecule has 1 aliphatic rings. The van der Waals surface area contributed by atoms with Gasteiger partial charge in [0.2, 0.25) is 0 Å². The molecule has 140 valence electrons. The smallest absolute Gasteiger partial charge is 0.410 e. The van der Waals surface area contributed by atoms with Gasteiger partial charge in [-0.2, -0.15) is 5.10 Å². The second kappa shape index (κ2) is 7.46. The number of benzene rings is 1. The Kier molecular flexibility index (Phi) is 5.28. The zero-order chi connectivity index (χ0) is 18.7. The molecule has 2 heterocycles. The first kappa shape index (κ1) is 18.4. The summed E-state index contributed by atoms with van der Waals surface area (Å²) in [6.07, 6.45) is 0.261. The molecule has 0 saturated carbocycles. The van der Waals surface area contributed by atoms with E-state index in [1.807, 2.05) is 30.3 Å². The van der Waals surface area contributed by atoms with Crippen LogP contribution in [0.3, 0.4) is 0 Å². The van der Waals surface area contributed by atoms with Crippen molar-refractivity contribution >= 4 is 16.1 Å². The van der Waals surface area contributed by atoms with Crippen LogP contribution in [0.4, 0.5) is 4.79 Å². The van der Waals surface area contributed by atoms with Crippen molar-refractivity contribution in [3.63, 3.8) is 0 Å². The van der Waals surface area contributed by atoms with Crippen molar-refractivity contribution in [3.05, 3.63) is 47.7 Å². The fourth-order valence-electron chi connectivity index (χ4n) is 2.72. The maximum Gasteiger partial charge on any atom is 0.410 e. The molecule has 0 bridgehead atoms. The number of hydrogen-bond acceptors (Lipinski definition) is 5. The van der Waals surface area contributed by atoms with Gasteiger partial charge in [0.05, 0.1) is 12.2 Å². The number of carbonyl (C=O) groups excluding carboxylic acids is 1. The molecule has 0 saturated heterocycles. The van der Waals surface area contributed by atoms with Crippen LogP contribution in [-0.4, -0.2) is 54.1 Å². The lowest BCUT2D eigenvalue weighted by molar-refractivity contribution is 0.0942. The first-order chi connectivity index (χ1) is 12.4. The maximum absolute atomic E-state index is 12.4. The minimum atomic E-state index is -3.60. The highest BCUT2D eigenvalue weighted by Crippen LogP contribution is 2.19. The van der Waals surface area contributed by atoms with E-state index in [0.29, 0.717) is 25.2 Å². The van der Waals surface area contributed by atoms with Gasteiger partial charge < -0.3 is 9.64 Å². The molecule has 8 nitrogen and oxygen atoms in total. The van der Waals surface area contributed by atoms with Gasteiger partial charge in [-0.05, 0) is 12.0 Å². The molecule has 0 unspecified atom stereocenters. The van der Waals surface area contributed by atoms with E-state index in [1.165, 1.54) is 20.2 Å². The van der Waals surface area contributed by atoms with Gasteiger partial charge in [-0.1, -0.05) is 30.3 Å². The quantitative estimate of drug-likeness (QED) is 0.808. The second-order valence-corrected chi connectivity index (χ2v) is 8.40. The lowest BCUT2D eigenvalue weighted by Gasteiger charge is -2.19. The molecular weight excluding hydrogens is 356 g/mol. The van der Waals surface area contributed by atoms with E-state index in [9.17, 15) is 13.2 Å². The Labute approximate surface area is 153 Å². The van der Waals surface area contributed by atoms with Crippen LogP contribution in [0, 0.1) is 0 Å². The summed E-state index contributed by atoms with van der Waals surface area (Å²) >= 11 is 0. The standard InChI is InChI=1S/C17H22N4O4S/c1-19(2)26(23,24)16-11-15-12-20(9-6-10-21(15)18-16)17(22)25-13-14-7-4-3-5-8-14/h3-5,7-8,11H,6,9-10,12-13H2,1-2H3. The molecule has 0 fully saturated rings. The van der Waals surface area contributed by atoms with Crippen LogP contribution in [0.15, 0.2) is 41.4 Å². The molecule has 0 radical (unpaired) electrons. The van der Waals surface area contributed by atoms with Gasteiger partial charge >= 0.3 is 6.09 Å². The van der Waals surface area contributed by atoms with Gasteiger partial charge in [-0.3, -0.25) is 4.68 Å². The molecule has 1 amide bonds. The van der Waals surface area contributed by atoms with Gasteiger partial charge in [0.25, 0.3) is 10.0 Å². The zero-order valence-corrected chi connectivity index (χ0v) is 15.6. The minimum absolute atomic E-state index is 0.00278. The van der Waals surface area contributed by atoms with Gasteiger partial charge in [0, 0.05) is 33.3 Å². The van der Waals surface area contributed by atoms with E-state index < -0.39 is 16.1 Å². The van der Waals surface area contributed by atoms with Crippen molar-refractivity contribution in [2.24, 2.45) is 0 Å². The fraction of sp³-hybridized carbons (Fsp3) is 0.412. The topological polar surface area (TPSA) is 84.7 Å². The highest BCUT2D eigenvalue weighted by molar-refractivity contribution is 7.89. The highest BCUT2D eigenvalue weighted by Gasteiger charge is 2.26. The van der Waals surface area contributed by atoms with E-state index in [4.69, 9.17) is 4.74 Å². The number of sulfonamides is 1. The summed E-state index contributed by atoms with van der Waals surface area (Å²) in [5, 5.41) is 4.20. The molecule has 0 N–H and O–H groups in total. The SMILES string of the molecule is CN(C)S(=O)(=O)c1cc2n(n1)CCCN(C(=O)OCc1ccccc1)C2. The van der Waals surface area contributed by atoms with Crippen molar-refractivity contribution < 1.29 is 17.9 Å². The first-order valence-electron chi connectivity index (χ1n) is 8.33. The molecular formula is C17H22N4O4S. The molecule has 26 heavy (non-hydrogen) atoms. The maximum atomic E-state index is 12.4. The van der Waals surface area contributed by atoms with Crippen LogP contribution in [0.1, 0.15) is 17.7 Å². The number of carbonyl (C=O) groups is 1. The fourth-order valence-corrected chi connectivity index (χ4v) is 3.58. The first-order valence-corrected chi connectivity index (χ1v) is 9.77. The van der Waals surface area contributed by atoms with Gasteiger partial charge in [0.1, 0.15) is 6.61 Å². The predicted molar refractivity (Wildman–Crippen MR) is 94.8 cm³/mol. The van der Waals surface area contributed by atoms with Crippen LogP contribution < -0.4 is 0 Å². The molecule has 9 heteroatoms. The molecule has 0 spiro atoms. The van der Waals surface area contributed by atoms with Crippen molar-refractivity contribution in [1.82, 2.24) is 19.0 Å². The Bertz CT molecular complexity index is 877. The summed E-state index contributed by atoms with van der Waals surface area (Å²) in [5.41, 5.74) is 1.60. The summed E-state index contributed by atoms with van der Waals surface area (Å²) < 4.78 is 32.7. The second-order valence-electron chi connectivity index (χ2n) is 6.30. The summed E-state index contributed by atoms with van der Waals surface area (Å²) in [5.74, 6) is 0. The number of rotatable bonds is 4. The molecule has 0 aliphatic carbocycles.